The summed E-state index contributed by atoms with van der Waals surface area (Å²) in [6.45, 7) is 3.46. The molecule has 1 aromatic heterocycles. The first kappa shape index (κ1) is 11.9. The van der Waals surface area contributed by atoms with Gasteiger partial charge < -0.3 is 5.73 Å². The van der Waals surface area contributed by atoms with Crippen LogP contribution in [-0.2, 0) is 10.0 Å². The molecular formula is C9H15N3O2S. The number of aromatic nitrogens is 1. The fourth-order valence-corrected chi connectivity index (χ4v) is 1.91. The highest BCUT2D eigenvalue weighted by molar-refractivity contribution is 7.93. The van der Waals surface area contributed by atoms with Gasteiger partial charge in [-0.3, -0.25) is 9.71 Å². The number of rotatable bonds is 4. The molecule has 1 atom stereocenters. The van der Waals surface area contributed by atoms with Crippen LogP contribution in [0.2, 0.25) is 0 Å². The molecule has 6 heteroatoms. The van der Waals surface area contributed by atoms with E-state index in [0.717, 1.165) is 5.69 Å². The quantitative estimate of drug-likeness (QED) is 0.786. The summed E-state index contributed by atoms with van der Waals surface area (Å²) in [6.07, 6.45) is 1.56. The van der Waals surface area contributed by atoms with E-state index in [1.54, 1.807) is 32.2 Å². The van der Waals surface area contributed by atoms with Crippen molar-refractivity contribution in [2.45, 2.75) is 19.1 Å². The Morgan fingerprint density at radius 2 is 2.27 bits per heavy atom. The van der Waals surface area contributed by atoms with E-state index >= 15 is 0 Å². The number of hydrogen-bond acceptors (Lipinski definition) is 4. The summed E-state index contributed by atoms with van der Waals surface area (Å²) in [5, 5.41) is -0.606. The van der Waals surface area contributed by atoms with Gasteiger partial charge >= 0.3 is 0 Å². The van der Waals surface area contributed by atoms with Gasteiger partial charge in [-0.25, -0.2) is 8.42 Å². The van der Waals surface area contributed by atoms with Crippen LogP contribution in [0.3, 0.4) is 0 Å². The molecule has 0 aliphatic rings. The van der Waals surface area contributed by atoms with Gasteiger partial charge in [-0.15, -0.1) is 0 Å². The Morgan fingerprint density at radius 1 is 1.60 bits per heavy atom. The predicted molar refractivity (Wildman–Crippen MR) is 60.0 cm³/mol. The molecule has 3 N–H and O–H groups in total. The van der Waals surface area contributed by atoms with E-state index in [-0.39, 0.29) is 6.54 Å². The van der Waals surface area contributed by atoms with Crippen molar-refractivity contribution in [3.63, 3.8) is 0 Å². The Kier molecular flexibility index (Phi) is 3.65. The van der Waals surface area contributed by atoms with E-state index < -0.39 is 15.3 Å². The van der Waals surface area contributed by atoms with E-state index in [1.165, 1.54) is 0 Å². The van der Waals surface area contributed by atoms with Gasteiger partial charge in [-0.1, -0.05) is 0 Å². The molecule has 15 heavy (non-hydrogen) atoms. The first-order valence-corrected chi connectivity index (χ1v) is 6.14. The van der Waals surface area contributed by atoms with Gasteiger partial charge in [0.2, 0.25) is 10.0 Å². The van der Waals surface area contributed by atoms with Crippen LogP contribution in [0.15, 0.2) is 18.3 Å². The molecule has 0 spiro atoms. The van der Waals surface area contributed by atoms with E-state index in [0.29, 0.717) is 5.69 Å². The Hall–Kier alpha value is -1.14. The lowest BCUT2D eigenvalue weighted by Gasteiger charge is -2.12. The molecule has 0 saturated carbocycles. The van der Waals surface area contributed by atoms with Gasteiger partial charge in [-0.2, -0.15) is 0 Å². The Labute approximate surface area is 89.8 Å². The maximum Gasteiger partial charge on any atom is 0.236 e. The smallest absolute Gasteiger partial charge is 0.236 e. The van der Waals surface area contributed by atoms with Gasteiger partial charge in [0.15, 0.2) is 0 Å². The van der Waals surface area contributed by atoms with Gasteiger partial charge in [-0.05, 0) is 26.0 Å². The normalized spacial score (nSPS) is 13.5. The molecule has 84 valence electrons. The zero-order chi connectivity index (χ0) is 11.5. The molecular weight excluding hydrogens is 214 g/mol. The summed E-state index contributed by atoms with van der Waals surface area (Å²) < 4.78 is 25.7. The van der Waals surface area contributed by atoms with Crippen molar-refractivity contribution >= 4 is 15.7 Å². The average Bonchev–Trinajstić information content (AvgIpc) is 2.15. The number of hydrogen-bond donors (Lipinski definition) is 2. The van der Waals surface area contributed by atoms with Crippen LogP contribution in [0, 0.1) is 6.92 Å². The number of nitrogens with zero attached hydrogens (tertiary/aromatic N) is 1. The average molecular weight is 229 g/mol. The number of anilines is 1. The van der Waals surface area contributed by atoms with E-state index in [2.05, 4.69) is 9.71 Å². The largest absolute Gasteiger partial charge is 0.329 e. The molecule has 1 aromatic rings. The van der Waals surface area contributed by atoms with Crippen LogP contribution in [0.4, 0.5) is 5.69 Å². The summed E-state index contributed by atoms with van der Waals surface area (Å²) in [5.74, 6) is 0. The van der Waals surface area contributed by atoms with Crippen molar-refractivity contribution in [2.24, 2.45) is 5.73 Å². The van der Waals surface area contributed by atoms with Gasteiger partial charge in [0, 0.05) is 18.4 Å². The van der Waals surface area contributed by atoms with Crippen LogP contribution < -0.4 is 10.5 Å². The molecule has 0 fully saturated rings. The first-order chi connectivity index (χ1) is 6.95. The molecule has 0 saturated heterocycles. The van der Waals surface area contributed by atoms with Crippen LogP contribution in [0.5, 0.6) is 0 Å². The minimum absolute atomic E-state index is 0.0966. The lowest BCUT2D eigenvalue weighted by molar-refractivity contribution is 0.589. The minimum Gasteiger partial charge on any atom is -0.329 e. The highest BCUT2D eigenvalue weighted by atomic mass is 32.2. The molecule has 1 rings (SSSR count). The van der Waals surface area contributed by atoms with Crippen LogP contribution >= 0.6 is 0 Å². The van der Waals surface area contributed by atoms with Crippen molar-refractivity contribution in [3.05, 3.63) is 24.0 Å². The molecule has 1 heterocycles. The summed E-state index contributed by atoms with van der Waals surface area (Å²) >= 11 is 0. The standard InChI is InChI=1S/C9H15N3O2S/c1-7-5-9(3-4-11-7)12-15(13,14)8(2)6-10/h3-5,8H,6,10H2,1-2H3,(H,11,12). The summed E-state index contributed by atoms with van der Waals surface area (Å²) in [6, 6.07) is 3.27. The van der Waals surface area contributed by atoms with Crippen molar-refractivity contribution in [1.29, 1.82) is 0 Å². The molecule has 0 bridgehead atoms. The Bertz CT molecular complexity index is 431. The van der Waals surface area contributed by atoms with Gasteiger partial charge in [0.1, 0.15) is 0 Å². The number of nitrogens with two attached hydrogens (primary N) is 1. The van der Waals surface area contributed by atoms with E-state index in [9.17, 15) is 8.42 Å². The van der Waals surface area contributed by atoms with Crippen molar-refractivity contribution < 1.29 is 8.42 Å². The Balaban J connectivity index is 2.87. The lowest BCUT2D eigenvalue weighted by Crippen LogP contribution is -2.31. The van der Waals surface area contributed by atoms with Crippen LogP contribution in [0.1, 0.15) is 12.6 Å². The zero-order valence-electron chi connectivity index (χ0n) is 8.77. The zero-order valence-corrected chi connectivity index (χ0v) is 9.58. The summed E-state index contributed by atoms with van der Waals surface area (Å²) in [5.41, 5.74) is 6.59. The molecule has 0 aromatic carbocycles. The third-order valence-electron chi connectivity index (χ3n) is 2.02. The highest BCUT2D eigenvalue weighted by Crippen LogP contribution is 2.11. The number of sulfonamides is 1. The monoisotopic (exact) mass is 229 g/mol. The first-order valence-electron chi connectivity index (χ1n) is 4.60. The maximum atomic E-state index is 11.6. The molecule has 0 amide bonds. The third kappa shape index (κ3) is 3.17. The maximum absolute atomic E-state index is 11.6. The molecule has 0 aliphatic heterocycles. The molecule has 0 radical (unpaired) electrons. The van der Waals surface area contributed by atoms with Crippen LogP contribution in [0.25, 0.3) is 0 Å². The molecule has 1 unspecified atom stereocenters. The van der Waals surface area contributed by atoms with Crippen molar-refractivity contribution in [2.75, 3.05) is 11.3 Å². The summed E-state index contributed by atoms with van der Waals surface area (Å²) in [4.78, 5) is 3.98. The second-order valence-corrected chi connectivity index (χ2v) is 5.48. The van der Waals surface area contributed by atoms with Crippen LogP contribution in [-0.4, -0.2) is 25.2 Å². The molecule has 5 nitrogen and oxygen atoms in total. The van der Waals surface area contributed by atoms with Crippen molar-refractivity contribution in [1.82, 2.24) is 4.98 Å². The van der Waals surface area contributed by atoms with Gasteiger partial charge in [0.25, 0.3) is 0 Å². The topological polar surface area (TPSA) is 85.1 Å². The second-order valence-electron chi connectivity index (χ2n) is 3.38. The minimum atomic E-state index is -3.38. The fraction of sp³-hybridized carbons (Fsp3) is 0.444. The van der Waals surface area contributed by atoms with Gasteiger partial charge in [0.05, 0.1) is 10.9 Å². The van der Waals surface area contributed by atoms with E-state index in [4.69, 9.17) is 5.73 Å². The Morgan fingerprint density at radius 3 is 2.80 bits per heavy atom. The second kappa shape index (κ2) is 4.59. The fourth-order valence-electron chi connectivity index (χ4n) is 1.00. The lowest BCUT2D eigenvalue weighted by atomic mass is 10.3. The highest BCUT2D eigenvalue weighted by Gasteiger charge is 2.18. The predicted octanol–water partition coefficient (Wildman–Crippen LogP) is 0.479. The third-order valence-corrected chi connectivity index (χ3v) is 3.79. The number of aryl methyl sites for hydroxylation is 1. The summed E-state index contributed by atoms with van der Waals surface area (Å²) in [7, 11) is -3.38. The SMILES string of the molecule is Cc1cc(NS(=O)(=O)C(C)CN)ccn1. The number of nitrogens with one attached hydrogen (secondary N) is 1. The van der Waals surface area contributed by atoms with Crippen molar-refractivity contribution in [3.8, 4) is 0 Å². The van der Waals surface area contributed by atoms with E-state index in [1.807, 2.05) is 0 Å². The number of pyridine rings is 1. The molecule has 0 aliphatic carbocycles.